The van der Waals surface area contributed by atoms with Gasteiger partial charge >= 0.3 is 0 Å². The van der Waals surface area contributed by atoms with Crippen molar-refractivity contribution in [3.63, 3.8) is 0 Å². The van der Waals surface area contributed by atoms with Crippen LogP contribution >= 0.6 is 0 Å². The summed E-state index contributed by atoms with van der Waals surface area (Å²) in [7, 11) is 1.90. The van der Waals surface area contributed by atoms with Gasteiger partial charge in [0, 0.05) is 29.9 Å². The molecule has 1 aliphatic carbocycles. The predicted molar refractivity (Wildman–Crippen MR) is 83.3 cm³/mol. The largest absolute Gasteiger partial charge is 0.344 e. The second-order valence-corrected chi connectivity index (χ2v) is 5.16. The van der Waals surface area contributed by atoms with Gasteiger partial charge < -0.3 is 4.90 Å². The Bertz CT molecular complexity index is 757. The Balaban J connectivity index is 2.09. The molecule has 2 aromatic rings. The smallest absolute Gasteiger partial charge is 0.233 e. The van der Waals surface area contributed by atoms with Gasteiger partial charge in [0.25, 0.3) is 0 Å². The summed E-state index contributed by atoms with van der Waals surface area (Å²) in [6.07, 6.45) is 1.42. The third-order valence-electron chi connectivity index (χ3n) is 3.72. The molecule has 0 aromatic heterocycles. The van der Waals surface area contributed by atoms with Gasteiger partial charge in [0.2, 0.25) is 11.6 Å². The second-order valence-electron chi connectivity index (χ2n) is 5.16. The lowest BCUT2D eigenvalue weighted by Crippen LogP contribution is -2.25. The highest BCUT2D eigenvalue weighted by molar-refractivity contribution is 6.50. The highest BCUT2D eigenvalue weighted by Gasteiger charge is 2.27. The summed E-state index contributed by atoms with van der Waals surface area (Å²) in [5, 5.41) is 0. The fraction of sp³-hybridized carbons (Fsp3) is 0.111. The number of aryl methyl sites for hydroxylation is 1. The monoisotopic (exact) mass is 277 g/mol. The quantitative estimate of drug-likeness (QED) is 0.791. The van der Waals surface area contributed by atoms with E-state index in [1.54, 1.807) is 12.1 Å². The highest BCUT2D eigenvalue weighted by Crippen LogP contribution is 2.30. The molecular formula is C18H15NO2. The molecule has 0 atom stereocenters. The molecule has 0 saturated carbocycles. The van der Waals surface area contributed by atoms with Gasteiger partial charge in [-0.1, -0.05) is 42.0 Å². The lowest BCUT2D eigenvalue weighted by atomic mass is 9.92. The Morgan fingerprint density at radius 2 is 1.48 bits per heavy atom. The van der Waals surface area contributed by atoms with Gasteiger partial charge in [-0.05, 0) is 19.1 Å². The van der Waals surface area contributed by atoms with Crippen molar-refractivity contribution >= 4 is 23.0 Å². The number of nitrogens with zero attached hydrogens (tertiary/aromatic N) is 1. The first-order chi connectivity index (χ1) is 10.1. The molecule has 0 saturated heterocycles. The zero-order valence-corrected chi connectivity index (χ0v) is 12.0. The molecule has 1 aliphatic rings. The number of anilines is 1. The van der Waals surface area contributed by atoms with Crippen LogP contribution in [0.3, 0.4) is 0 Å². The Labute approximate surface area is 123 Å². The van der Waals surface area contributed by atoms with Crippen LogP contribution in [0.2, 0.25) is 0 Å². The molecule has 3 nitrogen and oxygen atoms in total. The third kappa shape index (κ3) is 2.27. The van der Waals surface area contributed by atoms with Crippen LogP contribution in [0, 0.1) is 6.92 Å². The minimum Gasteiger partial charge on any atom is -0.344 e. The van der Waals surface area contributed by atoms with Gasteiger partial charge in [-0.2, -0.15) is 0 Å². The molecule has 0 bridgehead atoms. The number of carbonyl (C=O) groups is 2. The van der Waals surface area contributed by atoms with Gasteiger partial charge in [-0.15, -0.1) is 0 Å². The summed E-state index contributed by atoms with van der Waals surface area (Å²) in [5.41, 5.74) is 4.17. The molecule has 2 aromatic carbocycles. The van der Waals surface area contributed by atoms with Gasteiger partial charge in [-0.3, -0.25) is 9.59 Å². The summed E-state index contributed by atoms with van der Waals surface area (Å²) in [4.78, 5) is 25.8. The summed E-state index contributed by atoms with van der Waals surface area (Å²) in [5.74, 6) is -0.908. The minimum atomic E-state index is -0.470. The van der Waals surface area contributed by atoms with Gasteiger partial charge in [0.15, 0.2) is 0 Å². The fourth-order valence-electron chi connectivity index (χ4n) is 2.49. The van der Waals surface area contributed by atoms with E-state index < -0.39 is 11.6 Å². The zero-order chi connectivity index (χ0) is 15.0. The maximum Gasteiger partial charge on any atom is 0.233 e. The number of allylic oxidation sites excluding steroid dienone is 1. The Hall–Kier alpha value is -2.68. The van der Waals surface area contributed by atoms with Crippen LogP contribution in [-0.4, -0.2) is 18.6 Å². The second kappa shape index (κ2) is 5.02. The van der Waals surface area contributed by atoms with Crippen molar-refractivity contribution in [2.45, 2.75) is 6.92 Å². The number of hydrogen-bond donors (Lipinski definition) is 0. The summed E-state index contributed by atoms with van der Waals surface area (Å²) < 4.78 is 0. The molecule has 3 heteroatoms. The lowest BCUT2D eigenvalue weighted by molar-refractivity contribution is -0.111. The van der Waals surface area contributed by atoms with Gasteiger partial charge in [0.05, 0.1) is 5.70 Å². The maximum absolute atomic E-state index is 12.0. The van der Waals surface area contributed by atoms with Crippen molar-refractivity contribution in [3.05, 3.63) is 71.3 Å². The van der Waals surface area contributed by atoms with Crippen LogP contribution in [0.25, 0.3) is 5.70 Å². The molecule has 0 unspecified atom stereocenters. The Morgan fingerprint density at radius 1 is 0.857 bits per heavy atom. The van der Waals surface area contributed by atoms with Crippen molar-refractivity contribution in [2.75, 3.05) is 11.9 Å². The molecule has 0 amide bonds. The molecule has 0 spiro atoms. The molecule has 0 heterocycles. The average Bonchev–Trinajstić information content (AvgIpc) is 2.51. The number of fused-ring (bicyclic) bond motifs is 1. The zero-order valence-electron chi connectivity index (χ0n) is 12.0. The van der Waals surface area contributed by atoms with E-state index in [-0.39, 0.29) is 0 Å². The molecule has 104 valence electrons. The van der Waals surface area contributed by atoms with E-state index in [9.17, 15) is 9.59 Å². The summed E-state index contributed by atoms with van der Waals surface area (Å²) in [6, 6.07) is 15.3. The highest BCUT2D eigenvalue weighted by atomic mass is 16.2. The first kappa shape index (κ1) is 13.3. The van der Waals surface area contributed by atoms with Crippen LogP contribution in [-0.2, 0) is 4.79 Å². The summed E-state index contributed by atoms with van der Waals surface area (Å²) in [6.45, 7) is 2.03. The van der Waals surface area contributed by atoms with E-state index in [0.29, 0.717) is 5.56 Å². The standard InChI is InChI=1S/C18H15NO2/c1-12-7-9-13(10-8-12)19(2)16-11-17(20)18(21)15-6-4-3-5-14(15)16/h3-11H,1-2H3. The number of hydrogen-bond acceptors (Lipinski definition) is 3. The molecular weight excluding hydrogens is 262 g/mol. The van der Waals surface area contributed by atoms with E-state index in [1.807, 2.05) is 55.3 Å². The minimum absolute atomic E-state index is 0.438. The maximum atomic E-state index is 12.0. The number of benzene rings is 2. The number of ketones is 2. The predicted octanol–water partition coefficient (Wildman–Crippen LogP) is 3.24. The average molecular weight is 277 g/mol. The molecule has 0 fully saturated rings. The van der Waals surface area contributed by atoms with Crippen LogP contribution < -0.4 is 4.90 Å². The van der Waals surface area contributed by atoms with Crippen molar-refractivity contribution in [1.29, 1.82) is 0 Å². The molecule has 3 rings (SSSR count). The lowest BCUT2D eigenvalue weighted by Gasteiger charge is -2.26. The van der Waals surface area contributed by atoms with E-state index in [2.05, 4.69) is 0 Å². The van der Waals surface area contributed by atoms with Crippen molar-refractivity contribution in [1.82, 2.24) is 0 Å². The van der Waals surface area contributed by atoms with Crippen molar-refractivity contribution < 1.29 is 9.59 Å². The van der Waals surface area contributed by atoms with Crippen molar-refractivity contribution in [3.8, 4) is 0 Å². The normalized spacial score (nSPS) is 13.7. The first-order valence-corrected chi connectivity index (χ1v) is 6.78. The van der Waals surface area contributed by atoms with E-state index >= 15 is 0 Å². The number of rotatable bonds is 2. The van der Waals surface area contributed by atoms with Crippen LogP contribution in [0.4, 0.5) is 5.69 Å². The first-order valence-electron chi connectivity index (χ1n) is 6.78. The van der Waals surface area contributed by atoms with E-state index in [4.69, 9.17) is 0 Å². The van der Waals surface area contributed by atoms with Crippen LogP contribution in [0.15, 0.2) is 54.6 Å². The molecule has 0 N–H and O–H groups in total. The Kier molecular flexibility index (Phi) is 3.18. The number of Topliss-reactive ketones (excluding diaryl/α,β-unsaturated/α-hetero) is 1. The fourth-order valence-corrected chi connectivity index (χ4v) is 2.49. The molecule has 21 heavy (non-hydrogen) atoms. The Morgan fingerprint density at radius 3 is 2.14 bits per heavy atom. The van der Waals surface area contributed by atoms with Crippen molar-refractivity contribution in [2.24, 2.45) is 0 Å². The van der Waals surface area contributed by atoms with E-state index in [0.717, 1.165) is 16.9 Å². The van der Waals surface area contributed by atoms with Gasteiger partial charge in [0.1, 0.15) is 0 Å². The van der Waals surface area contributed by atoms with E-state index in [1.165, 1.54) is 11.6 Å². The SMILES string of the molecule is Cc1ccc(N(C)C2=CC(=O)C(=O)c3ccccc32)cc1. The third-order valence-corrected chi connectivity index (χ3v) is 3.72. The van der Waals surface area contributed by atoms with Gasteiger partial charge in [-0.25, -0.2) is 0 Å². The molecule has 0 radical (unpaired) electrons. The molecule has 0 aliphatic heterocycles. The number of carbonyl (C=O) groups excluding carboxylic acids is 2. The topological polar surface area (TPSA) is 37.4 Å². The van der Waals surface area contributed by atoms with Crippen LogP contribution in [0.5, 0.6) is 0 Å². The van der Waals surface area contributed by atoms with Crippen LogP contribution in [0.1, 0.15) is 21.5 Å². The summed E-state index contributed by atoms with van der Waals surface area (Å²) >= 11 is 0.